The summed E-state index contributed by atoms with van der Waals surface area (Å²) in [6.45, 7) is 63.4. The monoisotopic (exact) mass is 1560 g/mol. The zero-order chi connectivity index (χ0) is 84.9. The summed E-state index contributed by atoms with van der Waals surface area (Å²) in [4.78, 5) is 5.50. The molecule has 0 fully saturated rings. The Balaban J connectivity index is 1.05. The summed E-state index contributed by atoms with van der Waals surface area (Å²) >= 11 is 0. The van der Waals surface area contributed by atoms with Crippen LogP contribution in [0.15, 0.2) is 255 Å². The molecule has 0 spiro atoms. The normalized spacial score (nSPS) is 13.8. The van der Waals surface area contributed by atoms with Crippen molar-refractivity contribution in [2.75, 3.05) is 9.80 Å². The summed E-state index contributed by atoms with van der Waals surface area (Å²) < 4.78 is 5.11. The van der Waals surface area contributed by atoms with Crippen LogP contribution in [-0.4, -0.2) is 15.8 Å². The Bertz CT molecular complexity index is 6190. The van der Waals surface area contributed by atoms with Gasteiger partial charge in [0.05, 0.1) is 33.4 Å². The molecule has 0 saturated heterocycles. The first kappa shape index (κ1) is 80.5. The van der Waals surface area contributed by atoms with Gasteiger partial charge in [-0.05, 0) is 234 Å². The lowest BCUT2D eigenvalue weighted by Gasteiger charge is -2.46. The lowest BCUT2D eigenvalue weighted by molar-refractivity contribution is 0.569. The molecule has 0 aliphatic carbocycles. The summed E-state index contributed by atoms with van der Waals surface area (Å²) in [5.74, 6) is 0. The molecule has 2 aromatic heterocycles. The molecule has 4 nitrogen and oxygen atoms in total. The number of hydrogen-bond donors (Lipinski definition) is 0. The first-order valence-corrected chi connectivity index (χ1v) is 43.7. The molecular formula is C114H123BN4. The summed E-state index contributed by atoms with van der Waals surface area (Å²) in [6, 6.07) is 102. The number of nitrogens with zero attached hydrogens (tertiary/aromatic N) is 4. The molecule has 0 unspecified atom stereocenters. The van der Waals surface area contributed by atoms with Gasteiger partial charge in [0.1, 0.15) is 0 Å². The highest BCUT2D eigenvalue weighted by Gasteiger charge is 2.46. The molecule has 602 valence electrons. The maximum Gasteiger partial charge on any atom is 0.252 e. The van der Waals surface area contributed by atoms with Crippen molar-refractivity contribution < 1.29 is 0 Å². The highest BCUT2D eigenvalue weighted by Crippen LogP contribution is 2.54. The van der Waals surface area contributed by atoms with Crippen LogP contribution in [0, 0.1) is 0 Å². The van der Waals surface area contributed by atoms with E-state index in [1.807, 2.05) is 0 Å². The van der Waals surface area contributed by atoms with E-state index in [0.29, 0.717) is 0 Å². The molecule has 0 N–H and O–H groups in total. The number of benzene rings is 13. The molecule has 119 heavy (non-hydrogen) atoms. The fraction of sp³-hybridized carbons (Fsp3) is 0.316. The van der Waals surface area contributed by atoms with Gasteiger partial charge in [0.2, 0.25) is 0 Å². The quantitative estimate of drug-likeness (QED) is 0.141. The third-order valence-electron chi connectivity index (χ3n) is 26.1. The molecule has 0 atom stereocenters. The van der Waals surface area contributed by atoms with Crippen LogP contribution in [-0.2, 0) is 48.7 Å². The summed E-state index contributed by atoms with van der Waals surface area (Å²) in [5.41, 5.74) is 37.9. The Kier molecular flexibility index (Phi) is 18.9. The Morgan fingerprint density at radius 1 is 0.202 bits per heavy atom. The van der Waals surface area contributed by atoms with Crippen molar-refractivity contribution in [2.24, 2.45) is 0 Å². The Morgan fingerprint density at radius 3 is 0.849 bits per heavy atom. The molecule has 0 saturated carbocycles. The molecule has 0 bridgehead atoms. The van der Waals surface area contributed by atoms with Crippen LogP contribution in [0.5, 0.6) is 0 Å². The minimum Gasteiger partial charge on any atom is -0.311 e. The van der Waals surface area contributed by atoms with Gasteiger partial charge in [-0.3, -0.25) is 0 Å². The molecular weight excluding hydrogens is 1440 g/mol. The summed E-state index contributed by atoms with van der Waals surface area (Å²) in [5, 5.41) is 5.00. The predicted octanol–water partition coefficient (Wildman–Crippen LogP) is 30.3. The van der Waals surface area contributed by atoms with Crippen molar-refractivity contribution in [3.8, 4) is 55.9 Å². The van der Waals surface area contributed by atoms with Gasteiger partial charge in [0, 0.05) is 66.8 Å². The van der Waals surface area contributed by atoms with Crippen molar-refractivity contribution in [1.29, 1.82) is 0 Å². The van der Waals surface area contributed by atoms with Crippen molar-refractivity contribution in [2.45, 2.75) is 236 Å². The Morgan fingerprint density at radius 2 is 0.504 bits per heavy atom. The van der Waals surface area contributed by atoms with E-state index in [1.54, 1.807) is 0 Å². The van der Waals surface area contributed by atoms with Crippen LogP contribution in [0.25, 0.3) is 99.5 Å². The summed E-state index contributed by atoms with van der Waals surface area (Å²) in [6.07, 6.45) is 0. The largest absolute Gasteiger partial charge is 0.311 e. The van der Waals surface area contributed by atoms with Crippen LogP contribution >= 0.6 is 0 Å². The molecule has 15 aromatic rings. The van der Waals surface area contributed by atoms with Crippen molar-refractivity contribution in [3.63, 3.8) is 0 Å². The number of fused-ring (bicyclic) bond motifs is 10. The number of rotatable bonds is 8. The van der Waals surface area contributed by atoms with Gasteiger partial charge in [-0.15, -0.1) is 0 Å². The van der Waals surface area contributed by atoms with E-state index in [0.717, 1.165) is 45.3 Å². The van der Waals surface area contributed by atoms with E-state index in [-0.39, 0.29) is 55.4 Å². The van der Waals surface area contributed by atoms with Gasteiger partial charge in [0.15, 0.2) is 0 Å². The van der Waals surface area contributed by atoms with Gasteiger partial charge in [-0.25, -0.2) is 0 Å². The highest BCUT2D eigenvalue weighted by atomic mass is 15.2. The highest BCUT2D eigenvalue weighted by molar-refractivity contribution is 7.00. The van der Waals surface area contributed by atoms with Gasteiger partial charge in [0.25, 0.3) is 6.71 Å². The van der Waals surface area contributed by atoms with Crippen molar-refractivity contribution >= 4 is 101 Å². The maximum absolute atomic E-state index is 2.75. The van der Waals surface area contributed by atoms with E-state index >= 15 is 0 Å². The van der Waals surface area contributed by atoms with Crippen LogP contribution in [0.4, 0.5) is 34.1 Å². The van der Waals surface area contributed by atoms with Crippen molar-refractivity contribution in [3.05, 3.63) is 305 Å². The van der Waals surface area contributed by atoms with Crippen LogP contribution < -0.4 is 26.2 Å². The minimum absolute atomic E-state index is 0.0497. The number of anilines is 6. The average Bonchev–Trinajstić information content (AvgIpc) is 0.993. The van der Waals surface area contributed by atoms with Gasteiger partial charge >= 0.3 is 0 Å². The van der Waals surface area contributed by atoms with E-state index in [4.69, 9.17) is 0 Å². The second-order valence-electron chi connectivity index (χ2n) is 44.1. The number of aromatic nitrogens is 2. The second-order valence-corrected chi connectivity index (χ2v) is 44.1. The molecule has 5 heteroatoms. The van der Waals surface area contributed by atoms with E-state index < -0.39 is 0 Å². The molecule has 2 aliphatic heterocycles. The zero-order valence-corrected chi connectivity index (χ0v) is 76.1. The van der Waals surface area contributed by atoms with E-state index in [2.05, 4.69) is 461 Å². The first-order valence-electron chi connectivity index (χ1n) is 43.7. The molecule has 4 heterocycles. The molecule has 2 aliphatic rings. The molecule has 17 rings (SSSR count). The topological polar surface area (TPSA) is 16.3 Å². The third-order valence-corrected chi connectivity index (χ3v) is 26.1. The second kappa shape index (κ2) is 27.9. The minimum atomic E-state index is -0.347. The standard InChI is InChI=1S/C114H123BN4/c1-106(2,3)74-42-36-70(37-43-74)85-52-40-72(83-54-46-78(110(13,14)15)64-91(83)113(22,23)24)60-99(85)118-101-68-81(116-95-34-30-28-32-87(95)89-62-76(108(7,8)9)48-58-97(89)116)50-56-93(101)115-94-57-51-82(117-96-35-31-29-33-88(96)90-63-77(109(10,11)12)49-59-98(90)117)69-102(94)119(104-67-80(112(19,20)21)66-103(118)105(104)115)100-61-73(41-53-86(100)71-38-44-75(45-39-71)107(4,5)6)84-55-47-79(111(16,17)18)65-92(84)114(25,26)27/h28-69H,1-27H3. The lowest BCUT2D eigenvalue weighted by atomic mass is 9.33. The average molecular weight is 1560 g/mol. The van der Waals surface area contributed by atoms with Gasteiger partial charge in [-0.1, -0.05) is 357 Å². The predicted molar refractivity (Wildman–Crippen MR) is 519 cm³/mol. The third kappa shape index (κ3) is 14.2. The van der Waals surface area contributed by atoms with Crippen LogP contribution in [0.1, 0.15) is 237 Å². The number of hydrogen-bond acceptors (Lipinski definition) is 2. The smallest absolute Gasteiger partial charge is 0.252 e. The van der Waals surface area contributed by atoms with Gasteiger partial charge in [-0.2, -0.15) is 0 Å². The lowest BCUT2D eigenvalue weighted by Crippen LogP contribution is -2.61. The fourth-order valence-electron chi connectivity index (χ4n) is 19.0. The van der Waals surface area contributed by atoms with E-state index in [1.165, 1.54) is 155 Å². The summed E-state index contributed by atoms with van der Waals surface area (Å²) in [7, 11) is 0. The Hall–Kier alpha value is -10.9. The van der Waals surface area contributed by atoms with Crippen LogP contribution in [0.3, 0.4) is 0 Å². The zero-order valence-electron chi connectivity index (χ0n) is 76.1. The molecule has 0 radical (unpaired) electrons. The maximum atomic E-state index is 2.75. The van der Waals surface area contributed by atoms with Gasteiger partial charge < -0.3 is 18.9 Å². The Labute approximate surface area is 711 Å². The first-order chi connectivity index (χ1) is 55.7. The number of para-hydroxylation sites is 2. The SMILES string of the molecule is CC(C)(C)c1ccc(-c2ccc(-c3ccc(C(C)(C)C)cc3C(C)(C)C)cc2N2c3cc(-n4c5ccccc5c5cc(C(C)(C)C)ccc54)ccc3B3c4ccc(-n5c6ccccc6c6cc(C(C)(C)C)ccc65)cc4N(c4cc(-c5ccc(C(C)(C)C)cc5C(C)(C)C)ccc4-c4ccc(C(C)(C)C)cc4)c4cc(C(C)(C)C)cc2c43)cc1. The van der Waals surface area contributed by atoms with Crippen molar-refractivity contribution in [1.82, 2.24) is 9.13 Å². The molecule has 13 aromatic carbocycles. The molecule has 0 amide bonds. The fourth-order valence-corrected chi connectivity index (χ4v) is 19.0. The van der Waals surface area contributed by atoms with Crippen LogP contribution in [0.2, 0.25) is 0 Å². The van der Waals surface area contributed by atoms with E-state index in [9.17, 15) is 0 Å².